The molecule has 0 aliphatic heterocycles. The molecule has 1 aliphatic rings. The molecule has 1 heteroatoms. The number of hydrogen-bond acceptors (Lipinski definition) is 1. The van der Waals surface area contributed by atoms with E-state index in [1.165, 1.54) is 29.5 Å². The first-order valence-corrected chi connectivity index (χ1v) is 6.25. The van der Waals surface area contributed by atoms with E-state index >= 15 is 0 Å². The summed E-state index contributed by atoms with van der Waals surface area (Å²) in [6.45, 7) is 0. The SMILES string of the molecule is N[C@@H](c1cccc(-c2ccccc2)c1)C1CC1. The molecule has 17 heavy (non-hydrogen) atoms. The predicted octanol–water partition coefficient (Wildman–Crippen LogP) is 3.76. The third-order valence-corrected chi connectivity index (χ3v) is 3.51. The van der Waals surface area contributed by atoms with Gasteiger partial charge in [0, 0.05) is 6.04 Å². The summed E-state index contributed by atoms with van der Waals surface area (Å²) in [7, 11) is 0. The van der Waals surface area contributed by atoms with Gasteiger partial charge >= 0.3 is 0 Å². The zero-order chi connectivity index (χ0) is 11.7. The third kappa shape index (κ3) is 2.25. The highest BCUT2D eigenvalue weighted by atomic mass is 14.7. The average molecular weight is 223 g/mol. The van der Waals surface area contributed by atoms with Crippen LogP contribution in [-0.4, -0.2) is 0 Å². The lowest BCUT2D eigenvalue weighted by molar-refractivity contribution is 0.634. The fourth-order valence-electron chi connectivity index (χ4n) is 2.28. The van der Waals surface area contributed by atoms with Crippen molar-refractivity contribution >= 4 is 0 Å². The Kier molecular flexibility index (Phi) is 2.69. The summed E-state index contributed by atoms with van der Waals surface area (Å²) in [4.78, 5) is 0. The molecule has 0 amide bonds. The highest BCUT2D eigenvalue weighted by Gasteiger charge is 2.29. The van der Waals surface area contributed by atoms with E-state index in [-0.39, 0.29) is 6.04 Å². The molecule has 0 saturated heterocycles. The van der Waals surface area contributed by atoms with E-state index in [2.05, 4.69) is 48.5 Å². The van der Waals surface area contributed by atoms with Gasteiger partial charge in [-0.2, -0.15) is 0 Å². The van der Waals surface area contributed by atoms with Crippen molar-refractivity contribution in [2.45, 2.75) is 18.9 Å². The summed E-state index contributed by atoms with van der Waals surface area (Å²) >= 11 is 0. The molecule has 86 valence electrons. The van der Waals surface area contributed by atoms with Crippen LogP contribution in [-0.2, 0) is 0 Å². The fourth-order valence-corrected chi connectivity index (χ4v) is 2.28. The molecule has 3 rings (SSSR count). The van der Waals surface area contributed by atoms with Crippen LogP contribution in [0.1, 0.15) is 24.4 Å². The maximum atomic E-state index is 6.25. The van der Waals surface area contributed by atoms with Crippen LogP contribution in [0, 0.1) is 5.92 Å². The first kappa shape index (κ1) is 10.5. The minimum atomic E-state index is 0.221. The van der Waals surface area contributed by atoms with E-state index in [0.717, 1.165) is 0 Å². The van der Waals surface area contributed by atoms with E-state index in [1.807, 2.05) is 6.07 Å². The van der Waals surface area contributed by atoms with Gasteiger partial charge in [0.25, 0.3) is 0 Å². The molecule has 0 spiro atoms. The zero-order valence-corrected chi connectivity index (χ0v) is 9.84. The Bertz CT molecular complexity index is 500. The molecule has 1 nitrogen and oxygen atoms in total. The van der Waals surface area contributed by atoms with E-state index in [1.54, 1.807) is 0 Å². The molecule has 1 saturated carbocycles. The molecule has 1 aliphatic carbocycles. The van der Waals surface area contributed by atoms with Gasteiger partial charge in [0.05, 0.1) is 0 Å². The van der Waals surface area contributed by atoms with Crippen LogP contribution in [0.3, 0.4) is 0 Å². The molecule has 0 unspecified atom stereocenters. The van der Waals surface area contributed by atoms with Gasteiger partial charge in [-0.1, -0.05) is 48.5 Å². The summed E-state index contributed by atoms with van der Waals surface area (Å²) in [6.07, 6.45) is 2.58. The standard InChI is InChI=1S/C16H17N/c17-16(13-9-10-13)15-8-4-7-14(11-15)12-5-2-1-3-6-12/h1-8,11,13,16H,9-10,17H2/t16-/m1/s1. The minimum Gasteiger partial charge on any atom is -0.324 e. The van der Waals surface area contributed by atoms with Gasteiger partial charge < -0.3 is 5.73 Å². The number of hydrogen-bond donors (Lipinski definition) is 1. The monoisotopic (exact) mass is 223 g/mol. The first-order valence-electron chi connectivity index (χ1n) is 6.25. The maximum Gasteiger partial charge on any atom is 0.0323 e. The van der Waals surface area contributed by atoms with Gasteiger partial charge in [-0.3, -0.25) is 0 Å². The van der Waals surface area contributed by atoms with Crippen molar-refractivity contribution in [2.24, 2.45) is 11.7 Å². The summed E-state index contributed by atoms with van der Waals surface area (Å²) < 4.78 is 0. The van der Waals surface area contributed by atoms with Gasteiger partial charge in [0.1, 0.15) is 0 Å². The highest BCUT2D eigenvalue weighted by molar-refractivity contribution is 5.64. The topological polar surface area (TPSA) is 26.0 Å². The molecule has 2 aromatic carbocycles. The Labute approximate surface area is 102 Å². The van der Waals surface area contributed by atoms with Crippen molar-refractivity contribution < 1.29 is 0 Å². The molecular formula is C16H17N. The van der Waals surface area contributed by atoms with Crippen molar-refractivity contribution in [3.63, 3.8) is 0 Å². The lowest BCUT2D eigenvalue weighted by Crippen LogP contribution is -2.12. The number of nitrogens with two attached hydrogens (primary N) is 1. The van der Waals surface area contributed by atoms with E-state index in [0.29, 0.717) is 5.92 Å². The minimum absolute atomic E-state index is 0.221. The lowest BCUT2D eigenvalue weighted by atomic mass is 9.98. The summed E-state index contributed by atoms with van der Waals surface area (Å²) in [5.41, 5.74) is 10.0. The zero-order valence-electron chi connectivity index (χ0n) is 9.84. The van der Waals surface area contributed by atoms with Crippen LogP contribution in [0.15, 0.2) is 54.6 Å². The molecule has 0 bridgehead atoms. The van der Waals surface area contributed by atoms with Crippen molar-refractivity contribution in [2.75, 3.05) is 0 Å². The van der Waals surface area contributed by atoms with Crippen LogP contribution in [0.5, 0.6) is 0 Å². The Morgan fingerprint density at radius 3 is 2.29 bits per heavy atom. The quantitative estimate of drug-likeness (QED) is 0.842. The Morgan fingerprint density at radius 2 is 1.59 bits per heavy atom. The van der Waals surface area contributed by atoms with Crippen LogP contribution < -0.4 is 5.73 Å². The summed E-state index contributed by atoms with van der Waals surface area (Å²) in [6, 6.07) is 19.3. The molecular weight excluding hydrogens is 206 g/mol. The van der Waals surface area contributed by atoms with Crippen molar-refractivity contribution in [1.29, 1.82) is 0 Å². The molecule has 1 fully saturated rings. The van der Waals surface area contributed by atoms with Crippen LogP contribution in [0.25, 0.3) is 11.1 Å². The van der Waals surface area contributed by atoms with Gasteiger partial charge in [-0.15, -0.1) is 0 Å². The highest BCUT2D eigenvalue weighted by Crippen LogP contribution is 2.40. The second-order valence-electron chi connectivity index (χ2n) is 4.85. The van der Waals surface area contributed by atoms with Crippen molar-refractivity contribution in [1.82, 2.24) is 0 Å². The van der Waals surface area contributed by atoms with E-state index in [9.17, 15) is 0 Å². The molecule has 0 aromatic heterocycles. The molecule has 0 heterocycles. The Morgan fingerprint density at radius 1 is 0.882 bits per heavy atom. The summed E-state index contributed by atoms with van der Waals surface area (Å²) in [5, 5.41) is 0. The van der Waals surface area contributed by atoms with Gasteiger partial charge in [-0.05, 0) is 41.5 Å². The Hall–Kier alpha value is -1.60. The number of rotatable bonds is 3. The van der Waals surface area contributed by atoms with Crippen LogP contribution >= 0.6 is 0 Å². The Balaban J connectivity index is 1.93. The van der Waals surface area contributed by atoms with E-state index in [4.69, 9.17) is 5.73 Å². The van der Waals surface area contributed by atoms with Crippen LogP contribution in [0.4, 0.5) is 0 Å². The van der Waals surface area contributed by atoms with Gasteiger partial charge in [0.2, 0.25) is 0 Å². The van der Waals surface area contributed by atoms with E-state index < -0.39 is 0 Å². The van der Waals surface area contributed by atoms with Crippen molar-refractivity contribution in [3.05, 3.63) is 60.2 Å². The second kappa shape index (κ2) is 4.34. The van der Waals surface area contributed by atoms with Gasteiger partial charge in [-0.25, -0.2) is 0 Å². The van der Waals surface area contributed by atoms with Crippen molar-refractivity contribution in [3.8, 4) is 11.1 Å². The average Bonchev–Trinajstić information content (AvgIpc) is 3.23. The normalized spacial score (nSPS) is 16.8. The predicted molar refractivity (Wildman–Crippen MR) is 71.5 cm³/mol. The molecule has 2 aromatic rings. The molecule has 0 radical (unpaired) electrons. The lowest BCUT2D eigenvalue weighted by Gasteiger charge is -2.12. The first-order chi connectivity index (χ1) is 8.34. The molecule has 1 atom stereocenters. The third-order valence-electron chi connectivity index (χ3n) is 3.51. The largest absolute Gasteiger partial charge is 0.324 e. The smallest absolute Gasteiger partial charge is 0.0323 e. The second-order valence-corrected chi connectivity index (χ2v) is 4.85. The maximum absolute atomic E-state index is 6.25. The number of benzene rings is 2. The summed E-state index contributed by atoms with van der Waals surface area (Å²) in [5.74, 6) is 0.709. The molecule has 2 N–H and O–H groups in total. The van der Waals surface area contributed by atoms with Crippen LogP contribution in [0.2, 0.25) is 0 Å². The van der Waals surface area contributed by atoms with Gasteiger partial charge in [0.15, 0.2) is 0 Å². The fraction of sp³-hybridized carbons (Fsp3) is 0.250.